The van der Waals surface area contributed by atoms with Gasteiger partial charge in [0.1, 0.15) is 0 Å². The van der Waals surface area contributed by atoms with Gasteiger partial charge >= 0.3 is 11.9 Å². The summed E-state index contributed by atoms with van der Waals surface area (Å²) >= 11 is 0. The van der Waals surface area contributed by atoms with E-state index in [-0.39, 0.29) is 0 Å². The molecule has 6 nitrogen and oxygen atoms in total. The molecule has 0 atom stereocenters. The number of carbonyl (C=O) groups is 2. The van der Waals surface area contributed by atoms with Crippen LogP contribution in [0.2, 0.25) is 0 Å². The van der Waals surface area contributed by atoms with Gasteiger partial charge in [-0.3, -0.25) is 0 Å². The van der Waals surface area contributed by atoms with Gasteiger partial charge in [-0.05, 0) is 0 Å². The number of aliphatic carboxylic acids is 2. The molecule has 0 aliphatic carbocycles. The third kappa shape index (κ3) is 6.75. The zero-order valence-electron chi connectivity index (χ0n) is 5.83. The molecular formula is C5H10N2O4. The van der Waals surface area contributed by atoms with Gasteiger partial charge in [-0.2, -0.15) is 0 Å². The van der Waals surface area contributed by atoms with Crippen LogP contribution in [-0.4, -0.2) is 41.9 Å². The van der Waals surface area contributed by atoms with E-state index in [1.54, 1.807) is 0 Å². The predicted molar refractivity (Wildman–Crippen MR) is 36.1 cm³/mol. The summed E-state index contributed by atoms with van der Waals surface area (Å²) in [6.07, 6.45) is 0. The molecule has 1 heterocycles. The van der Waals surface area contributed by atoms with Crippen LogP contribution in [0.5, 0.6) is 0 Å². The van der Waals surface area contributed by atoms with E-state index < -0.39 is 11.9 Å². The van der Waals surface area contributed by atoms with E-state index in [4.69, 9.17) is 19.8 Å². The lowest BCUT2D eigenvalue weighted by molar-refractivity contribution is -0.159. The Hall–Kier alpha value is -1.14. The Labute approximate surface area is 63.2 Å². The Morgan fingerprint density at radius 1 is 1.00 bits per heavy atom. The highest BCUT2D eigenvalue weighted by molar-refractivity contribution is 6.27. The number of rotatable bonds is 0. The van der Waals surface area contributed by atoms with Crippen LogP contribution < -0.4 is 10.6 Å². The second-order valence-corrected chi connectivity index (χ2v) is 1.79. The quantitative estimate of drug-likeness (QED) is 0.317. The Bertz CT molecular complexity index is 124. The average molecular weight is 162 g/mol. The smallest absolute Gasteiger partial charge is 0.414 e. The van der Waals surface area contributed by atoms with Crippen LogP contribution >= 0.6 is 0 Å². The van der Waals surface area contributed by atoms with E-state index in [1.165, 1.54) is 0 Å². The van der Waals surface area contributed by atoms with Crippen molar-refractivity contribution in [2.24, 2.45) is 0 Å². The largest absolute Gasteiger partial charge is 0.473 e. The summed E-state index contributed by atoms with van der Waals surface area (Å²) in [6, 6.07) is 0. The fourth-order valence-corrected chi connectivity index (χ4v) is 0.442. The molecule has 1 rings (SSSR count). The van der Waals surface area contributed by atoms with Gasteiger partial charge < -0.3 is 20.8 Å². The van der Waals surface area contributed by atoms with Crippen LogP contribution in [0.25, 0.3) is 0 Å². The molecule has 1 fully saturated rings. The number of hydrogen-bond acceptors (Lipinski definition) is 4. The molecule has 0 unspecified atom stereocenters. The minimum absolute atomic E-state index is 1.00. The van der Waals surface area contributed by atoms with Crippen molar-refractivity contribution in [2.45, 2.75) is 0 Å². The van der Waals surface area contributed by atoms with Crippen molar-refractivity contribution < 1.29 is 19.8 Å². The Kier molecular flexibility index (Phi) is 5.05. The van der Waals surface area contributed by atoms with E-state index in [2.05, 4.69) is 10.6 Å². The van der Waals surface area contributed by atoms with Gasteiger partial charge in [0.15, 0.2) is 0 Å². The maximum Gasteiger partial charge on any atom is 0.414 e. The van der Waals surface area contributed by atoms with Crippen molar-refractivity contribution in [2.75, 3.05) is 19.8 Å². The first-order valence-corrected chi connectivity index (χ1v) is 3.02. The summed E-state index contributed by atoms with van der Waals surface area (Å²) in [5.74, 6) is -3.65. The van der Waals surface area contributed by atoms with E-state index >= 15 is 0 Å². The SMILES string of the molecule is C1CNCN1.O=C(O)C(=O)O. The minimum Gasteiger partial charge on any atom is -0.473 e. The normalized spacial score (nSPS) is 14.9. The first-order valence-electron chi connectivity index (χ1n) is 3.02. The number of hydrogen-bond donors (Lipinski definition) is 4. The predicted octanol–water partition coefficient (Wildman–Crippen LogP) is -1.71. The average Bonchev–Trinajstić information content (AvgIpc) is 2.41. The lowest BCUT2D eigenvalue weighted by atomic mass is 10.7. The first kappa shape index (κ1) is 9.86. The molecule has 0 bridgehead atoms. The van der Waals surface area contributed by atoms with Crippen molar-refractivity contribution in [3.05, 3.63) is 0 Å². The first-order chi connectivity index (χ1) is 5.14. The topological polar surface area (TPSA) is 98.7 Å². The van der Waals surface area contributed by atoms with Gasteiger partial charge in [-0.1, -0.05) is 0 Å². The number of carboxylic acid groups (broad SMARTS) is 2. The monoisotopic (exact) mass is 162 g/mol. The molecule has 11 heavy (non-hydrogen) atoms. The highest BCUT2D eigenvalue weighted by Gasteiger charge is 2.04. The molecule has 0 aromatic heterocycles. The van der Waals surface area contributed by atoms with Crippen LogP contribution in [0, 0.1) is 0 Å². The molecule has 0 saturated carbocycles. The number of carboxylic acids is 2. The fourth-order valence-electron chi connectivity index (χ4n) is 0.442. The molecule has 4 N–H and O–H groups in total. The van der Waals surface area contributed by atoms with Gasteiger partial charge in [-0.15, -0.1) is 0 Å². The third-order valence-electron chi connectivity index (χ3n) is 0.912. The molecule has 1 aliphatic rings. The molecule has 0 spiro atoms. The molecule has 1 saturated heterocycles. The van der Waals surface area contributed by atoms with Gasteiger partial charge in [0, 0.05) is 19.8 Å². The highest BCUT2D eigenvalue weighted by atomic mass is 16.4. The fraction of sp³-hybridized carbons (Fsp3) is 0.600. The maximum atomic E-state index is 9.10. The Morgan fingerprint density at radius 3 is 1.45 bits per heavy atom. The molecule has 64 valence electrons. The molecule has 0 amide bonds. The second-order valence-electron chi connectivity index (χ2n) is 1.79. The molecule has 1 aliphatic heterocycles. The van der Waals surface area contributed by atoms with E-state index in [9.17, 15) is 0 Å². The minimum atomic E-state index is -1.82. The zero-order valence-corrected chi connectivity index (χ0v) is 5.83. The molecule has 0 radical (unpaired) electrons. The summed E-state index contributed by atoms with van der Waals surface area (Å²) in [4.78, 5) is 18.2. The number of nitrogens with one attached hydrogen (secondary N) is 2. The summed E-state index contributed by atoms with van der Waals surface area (Å²) in [7, 11) is 0. The third-order valence-corrected chi connectivity index (χ3v) is 0.912. The summed E-state index contributed by atoms with van der Waals surface area (Å²) in [5.41, 5.74) is 0. The lowest BCUT2D eigenvalue weighted by Gasteiger charge is -1.77. The van der Waals surface area contributed by atoms with E-state index in [1.807, 2.05) is 0 Å². The molecule has 0 aromatic rings. The standard InChI is InChI=1S/C3H8N2.C2H2O4/c1-2-5-3-4-1;3-1(4)2(5)6/h4-5H,1-3H2;(H,3,4)(H,5,6). The van der Waals surface area contributed by atoms with Gasteiger partial charge in [0.25, 0.3) is 0 Å². The summed E-state index contributed by atoms with van der Waals surface area (Å²) in [5, 5.41) is 21.0. The van der Waals surface area contributed by atoms with Gasteiger partial charge in [-0.25, -0.2) is 9.59 Å². The van der Waals surface area contributed by atoms with Crippen molar-refractivity contribution in [3.63, 3.8) is 0 Å². The van der Waals surface area contributed by atoms with E-state index in [0.29, 0.717) is 0 Å². The summed E-state index contributed by atoms with van der Waals surface area (Å²) < 4.78 is 0. The van der Waals surface area contributed by atoms with Crippen LogP contribution in [0.1, 0.15) is 0 Å². The Morgan fingerprint density at radius 2 is 1.36 bits per heavy atom. The van der Waals surface area contributed by atoms with Crippen molar-refractivity contribution in [1.29, 1.82) is 0 Å². The molecular weight excluding hydrogens is 152 g/mol. The second kappa shape index (κ2) is 5.63. The molecule has 6 heteroatoms. The van der Waals surface area contributed by atoms with Crippen molar-refractivity contribution >= 4 is 11.9 Å². The van der Waals surface area contributed by atoms with Crippen LogP contribution in [0.3, 0.4) is 0 Å². The van der Waals surface area contributed by atoms with Crippen molar-refractivity contribution in [1.82, 2.24) is 10.6 Å². The van der Waals surface area contributed by atoms with E-state index in [0.717, 1.165) is 19.8 Å². The summed E-state index contributed by atoms with van der Waals surface area (Å²) in [6.45, 7) is 3.28. The van der Waals surface area contributed by atoms with Crippen LogP contribution in [0.15, 0.2) is 0 Å². The van der Waals surface area contributed by atoms with Crippen molar-refractivity contribution in [3.8, 4) is 0 Å². The molecule has 0 aromatic carbocycles. The zero-order chi connectivity index (χ0) is 8.69. The van der Waals surface area contributed by atoms with Gasteiger partial charge in [0.2, 0.25) is 0 Å². The van der Waals surface area contributed by atoms with Gasteiger partial charge in [0.05, 0.1) is 0 Å². The maximum absolute atomic E-state index is 9.10. The van der Waals surface area contributed by atoms with Crippen LogP contribution in [0.4, 0.5) is 0 Å². The Balaban J connectivity index is 0.000000183. The highest BCUT2D eigenvalue weighted by Crippen LogP contribution is 1.62. The lowest BCUT2D eigenvalue weighted by Crippen LogP contribution is -2.11. The van der Waals surface area contributed by atoms with Crippen LogP contribution in [-0.2, 0) is 9.59 Å².